The topological polar surface area (TPSA) is 62.3 Å². The highest BCUT2D eigenvalue weighted by molar-refractivity contribution is 6.30. The average Bonchev–Trinajstić information content (AvgIpc) is 3.32. The van der Waals surface area contributed by atoms with Gasteiger partial charge in [0, 0.05) is 62.3 Å². The van der Waals surface area contributed by atoms with Crippen molar-refractivity contribution in [2.24, 2.45) is 5.92 Å². The number of amides is 2. The number of piperazine rings is 1. The number of fused-ring (bicyclic) bond motifs is 1. The van der Waals surface area contributed by atoms with Crippen LogP contribution in [0.25, 0.3) is 0 Å². The lowest BCUT2D eigenvalue weighted by molar-refractivity contribution is -0.138. The smallest absolute Gasteiger partial charge is 0.253 e. The van der Waals surface area contributed by atoms with Crippen molar-refractivity contribution in [1.29, 1.82) is 0 Å². The van der Waals surface area contributed by atoms with Gasteiger partial charge in [0.15, 0.2) is 11.5 Å². The first-order valence-corrected chi connectivity index (χ1v) is 11.9. The molecular formula is C25H28ClN3O4. The largest absolute Gasteiger partial charge is 0.454 e. The summed E-state index contributed by atoms with van der Waals surface area (Å²) in [5.41, 5.74) is 1.83. The van der Waals surface area contributed by atoms with Gasteiger partial charge in [0.05, 0.1) is 0 Å². The van der Waals surface area contributed by atoms with Crippen LogP contribution in [0.5, 0.6) is 11.5 Å². The highest BCUT2D eigenvalue weighted by atomic mass is 35.5. The molecule has 0 spiro atoms. The van der Waals surface area contributed by atoms with E-state index < -0.39 is 0 Å². The molecular weight excluding hydrogens is 442 g/mol. The summed E-state index contributed by atoms with van der Waals surface area (Å²) < 4.78 is 10.9. The summed E-state index contributed by atoms with van der Waals surface area (Å²) in [5.74, 6) is 1.85. The molecule has 174 valence electrons. The number of likely N-dealkylation sites (tertiary alicyclic amines) is 1. The predicted molar refractivity (Wildman–Crippen MR) is 125 cm³/mol. The molecule has 0 radical (unpaired) electrons. The van der Waals surface area contributed by atoms with Gasteiger partial charge in [0.2, 0.25) is 12.7 Å². The molecule has 0 aromatic heterocycles. The standard InChI is InChI=1S/C25H28ClN3O4/c26-21-4-2-19(3-5-21)24(30)28-9-7-20(8-10-28)25(31)29-13-11-27(12-14-29)16-18-1-6-22-23(15-18)33-17-32-22/h1-6,15,20H,7-14,16-17H2. The third kappa shape index (κ3) is 4.94. The van der Waals surface area contributed by atoms with Gasteiger partial charge >= 0.3 is 0 Å². The van der Waals surface area contributed by atoms with E-state index in [-0.39, 0.29) is 24.5 Å². The van der Waals surface area contributed by atoms with E-state index in [1.165, 1.54) is 5.56 Å². The number of halogens is 1. The van der Waals surface area contributed by atoms with Crippen molar-refractivity contribution in [3.05, 3.63) is 58.6 Å². The highest BCUT2D eigenvalue weighted by Crippen LogP contribution is 2.33. The Morgan fingerprint density at radius 3 is 2.27 bits per heavy atom. The van der Waals surface area contributed by atoms with Crippen molar-refractivity contribution >= 4 is 23.4 Å². The second-order valence-electron chi connectivity index (χ2n) is 8.86. The number of hydrogen-bond donors (Lipinski definition) is 0. The number of carbonyl (C=O) groups excluding carboxylic acids is 2. The number of ether oxygens (including phenoxy) is 2. The fraction of sp³-hybridized carbons (Fsp3) is 0.440. The molecule has 2 aromatic rings. The third-order valence-electron chi connectivity index (χ3n) is 6.75. The number of hydrogen-bond acceptors (Lipinski definition) is 5. The van der Waals surface area contributed by atoms with Crippen molar-refractivity contribution in [2.45, 2.75) is 19.4 Å². The Morgan fingerprint density at radius 2 is 1.55 bits per heavy atom. The van der Waals surface area contributed by atoms with E-state index in [0.29, 0.717) is 23.7 Å². The van der Waals surface area contributed by atoms with Gasteiger partial charge in [-0.3, -0.25) is 14.5 Å². The van der Waals surface area contributed by atoms with Gasteiger partial charge in [-0.15, -0.1) is 0 Å². The number of rotatable bonds is 4. The molecule has 0 unspecified atom stereocenters. The van der Waals surface area contributed by atoms with Crippen LogP contribution in [0.15, 0.2) is 42.5 Å². The molecule has 3 aliphatic rings. The van der Waals surface area contributed by atoms with Gasteiger partial charge in [-0.1, -0.05) is 17.7 Å². The molecule has 8 heteroatoms. The van der Waals surface area contributed by atoms with E-state index in [4.69, 9.17) is 21.1 Å². The Balaban J connectivity index is 1.08. The van der Waals surface area contributed by atoms with E-state index in [0.717, 1.165) is 57.1 Å². The Labute approximate surface area is 198 Å². The molecule has 0 aliphatic carbocycles. The number of piperidine rings is 1. The molecule has 33 heavy (non-hydrogen) atoms. The van der Waals surface area contributed by atoms with Crippen LogP contribution in [0.2, 0.25) is 5.02 Å². The summed E-state index contributed by atoms with van der Waals surface area (Å²) in [6.07, 6.45) is 1.44. The summed E-state index contributed by atoms with van der Waals surface area (Å²) in [6.45, 7) is 5.55. The maximum absolute atomic E-state index is 13.1. The second kappa shape index (κ2) is 9.61. The quantitative estimate of drug-likeness (QED) is 0.687. The first kappa shape index (κ1) is 22.0. The van der Waals surface area contributed by atoms with Crippen LogP contribution in [0.1, 0.15) is 28.8 Å². The first-order chi connectivity index (χ1) is 16.1. The van der Waals surface area contributed by atoms with Crippen LogP contribution >= 0.6 is 11.6 Å². The molecule has 2 aromatic carbocycles. The molecule has 2 saturated heterocycles. The van der Waals surface area contributed by atoms with Crippen LogP contribution < -0.4 is 9.47 Å². The van der Waals surface area contributed by atoms with Gasteiger partial charge in [0.25, 0.3) is 5.91 Å². The summed E-state index contributed by atoms with van der Waals surface area (Å²) in [6, 6.07) is 13.1. The van der Waals surface area contributed by atoms with Gasteiger partial charge < -0.3 is 19.3 Å². The monoisotopic (exact) mass is 469 g/mol. The summed E-state index contributed by atoms with van der Waals surface area (Å²) in [5, 5.41) is 0.617. The van der Waals surface area contributed by atoms with Crippen LogP contribution in [-0.2, 0) is 11.3 Å². The zero-order valence-electron chi connectivity index (χ0n) is 18.5. The van der Waals surface area contributed by atoms with Gasteiger partial charge in [-0.25, -0.2) is 0 Å². The first-order valence-electron chi connectivity index (χ1n) is 11.5. The summed E-state index contributed by atoms with van der Waals surface area (Å²) in [4.78, 5) is 32.0. The van der Waals surface area contributed by atoms with Crippen LogP contribution in [0.3, 0.4) is 0 Å². The lowest BCUT2D eigenvalue weighted by Crippen LogP contribution is -2.51. The minimum absolute atomic E-state index is 0.000299. The minimum atomic E-state index is -0.000299. The minimum Gasteiger partial charge on any atom is -0.454 e. The van der Waals surface area contributed by atoms with Crippen molar-refractivity contribution in [3.8, 4) is 11.5 Å². The Morgan fingerprint density at radius 1 is 0.848 bits per heavy atom. The number of benzene rings is 2. The fourth-order valence-corrected chi connectivity index (χ4v) is 4.91. The van der Waals surface area contributed by atoms with E-state index in [2.05, 4.69) is 11.0 Å². The van der Waals surface area contributed by atoms with Crippen LogP contribution in [0.4, 0.5) is 0 Å². The maximum Gasteiger partial charge on any atom is 0.253 e. The molecule has 5 rings (SSSR count). The maximum atomic E-state index is 13.1. The van der Waals surface area contributed by atoms with E-state index in [1.54, 1.807) is 24.3 Å². The second-order valence-corrected chi connectivity index (χ2v) is 9.30. The van der Waals surface area contributed by atoms with Gasteiger partial charge in [0.1, 0.15) is 0 Å². The molecule has 3 heterocycles. The van der Waals surface area contributed by atoms with Gasteiger partial charge in [-0.05, 0) is 54.8 Å². The zero-order chi connectivity index (χ0) is 22.8. The molecule has 7 nitrogen and oxygen atoms in total. The normalized spacial score (nSPS) is 19.1. The Kier molecular flexibility index (Phi) is 6.42. The molecule has 0 bridgehead atoms. The van der Waals surface area contributed by atoms with Crippen molar-refractivity contribution in [1.82, 2.24) is 14.7 Å². The third-order valence-corrected chi connectivity index (χ3v) is 7.00. The van der Waals surface area contributed by atoms with E-state index in [9.17, 15) is 9.59 Å². The molecule has 2 fully saturated rings. The number of carbonyl (C=O) groups is 2. The van der Waals surface area contributed by atoms with Crippen molar-refractivity contribution < 1.29 is 19.1 Å². The van der Waals surface area contributed by atoms with Crippen LogP contribution in [0, 0.1) is 5.92 Å². The molecule has 2 amide bonds. The molecule has 0 N–H and O–H groups in total. The lowest BCUT2D eigenvalue weighted by Gasteiger charge is -2.38. The summed E-state index contributed by atoms with van der Waals surface area (Å²) >= 11 is 5.92. The summed E-state index contributed by atoms with van der Waals surface area (Å²) in [7, 11) is 0. The van der Waals surface area contributed by atoms with Gasteiger partial charge in [-0.2, -0.15) is 0 Å². The zero-order valence-corrected chi connectivity index (χ0v) is 19.3. The lowest BCUT2D eigenvalue weighted by atomic mass is 9.94. The fourth-order valence-electron chi connectivity index (χ4n) is 4.79. The predicted octanol–water partition coefficient (Wildman–Crippen LogP) is 3.27. The Bertz CT molecular complexity index is 1010. The molecule has 3 aliphatic heterocycles. The Hall–Kier alpha value is -2.77. The van der Waals surface area contributed by atoms with Crippen LogP contribution in [-0.4, -0.2) is 72.6 Å². The van der Waals surface area contributed by atoms with E-state index >= 15 is 0 Å². The van der Waals surface area contributed by atoms with E-state index in [1.807, 2.05) is 21.9 Å². The molecule has 0 saturated carbocycles. The SMILES string of the molecule is O=C(c1ccc(Cl)cc1)N1CCC(C(=O)N2CCN(Cc3ccc4c(c3)OCO4)CC2)CC1. The number of nitrogens with zero attached hydrogens (tertiary/aromatic N) is 3. The van der Waals surface area contributed by atoms with Crippen molar-refractivity contribution in [3.63, 3.8) is 0 Å². The van der Waals surface area contributed by atoms with Crippen molar-refractivity contribution in [2.75, 3.05) is 46.1 Å². The molecule has 0 atom stereocenters. The average molecular weight is 470 g/mol. The highest BCUT2D eigenvalue weighted by Gasteiger charge is 2.32.